The Morgan fingerprint density at radius 3 is 1.12 bits per heavy atom. The average Bonchev–Trinajstić information content (AvgIpc) is 3.27. The van der Waals surface area contributed by atoms with Gasteiger partial charge in [0.1, 0.15) is 0 Å². The van der Waals surface area contributed by atoms with Crippen molar-refractivity contribution in [2.24, 2.45) is 0 Å². The monoisotopic (exact) mass is 653 g/mol. The first-order valence-electron chi connectivity index (χ1n) is 13.5. The van der Waals surface area contributed by atoms with Crippen LogP contribution in [-0.2, 0) is 47.9 Å². The number of benzene rings is 3. The molecule has 40 heavy (non-hydrogen) atoms. The van der Waals surface area contributed by atoms with Crippen LogP contribution in [0.5, 0.6) is 0 Å². The smallest absolute Gasteiger partial charge is 1.00 e. The molecule has 0 fully saturated rings. The summed E-state index contributed by atoms with van der Waals surface area (Å²) in [4.78, 5) is 0. The van der Waals surface area contributed by atoms with Gasteiger partial charge in [0.05, 0.1) is 0 Å². The molecule has 0 aromatic heterocycles. The van der Waals surface area contributed by atoms with E-state index >= 15 is 0 Å². The third kappa shape index (κ3) is 13.1. The Morgan fingerprint density at radius 2 is 0.825 bits per heavy atom. The van der Waals surface area contributed by atoms with E-state index in [-0.39, 0.29) is 72.7 Å². The standard InChI is InChI=1S/2C14H21.C9H7.2ClH.Zr/c2*1-13(2,3)11-8-7-9-12(10-11)14(4,5)6;1-2-5-9-7-3-6-8(9)4-1;;;/h2*8-10H,1-6H3;1-7H;2*1H;/q3*-1;;;+2/p-2. The second-order valence-electron chi connectivity index (χ2n) is 14.2. The number of halogens is 2. The largest absolute Gasteiger partial charge is 2.00 e. The molecule has 0 heterocycles. The molecule has 0 atom stereocenters. The molecule has 0 aliphatic rings. The van der Waals surface area contributed by atoms with Gasteiger partial charge in [-0.15, -0.1) is 29.7 Å². The first-order chi connectivity index (χ1) is 16.9. The second-order valence-corrected chi connectivity index (χ2v) is 14.2. The summed E-state index contributed by atoms with van der Waals surface area (Å²) in [5.74, 6) is 0. The summed E-state index contributed by atoms with van der Waals surface area (Å²) in [7, 11) is 0. The molecule has 0 nitrogen and oxygen atoms in total. The molecule has 0 saturated heterocycles. The van der Waals surface area contributed by atoms with Crippen LogP contribution in [-0.4, -0.2) is 0 Å². The third-order valence-electron chi connectivity index (χ3n) is 6.59. The zero-order valence-corrected chi connectivity index (χ0v) is 30.7. The van der Waals surface area contributed by atoms with Crippen molar-refractivity contribution >= 4 is 10.8 Å². The van der Waals surface area contributed by atoms with E-state index < -0.39 is 0 Å². The molecule has 0 aliphatic carbocycles. The van der Waals surface area contributed by atoms with Crippen molar-refractivity contribution in [3.63, 3.8) is 0 Å². The minimum atomic E-state index is 0. The molecule has 218 valence electrons. The van der Waals surface area contributed by atoms with Crippen molar-refractivity contribution in [1.29, 1.82) is 0 Å². The van der Waals surface area contributed by atoms with E-state index in [1.54, 1.807) is 0 Å². The van der Waals surface area contributed by atoms with Crippen LogP contribution in [0.15, 0.2) is 78.9 Å². The molecular formula is C37H49Cl2Zr-3. The molecule has 4 rings (SSSR count). The average molecular weight is 656 g/mol. The quantitative estimate of drug-likeness (QED) is 0.241. The number of hydrogen-bond acceptors (Lipinski definition) is 0. The van der Waals surface area contributed by atoms with Crippen molar-refractivity contribution in [3.05, 3.63) is 113 Å². The summed E-state index contributed by atoms with van der Waals surface area (Å²) in [5, 5.41) is 2.66. The second kappa shape index (κ2) is 16.4. The summed E-state index contributed by atoms with van der Waals surface area (Å²) in [6, 6.07) is 34.1. The van der Waals surface area contributed by atoms with Crippen LogP contribution in [0.2, 0.25) is 0 Å². The summed E-state index contributed by atoms with van der Waals surface area (Å²) >= 11 is 0. The van der Waals surface area contributed by atoms with Crippen LogP contribution >= 0.6 is 0 Å². The summed E-state index contributed by atoms with van der Waals surface area (Å²) in [6.07, 6.45) is 0. The zero-order valence-electron chi connectivity index (χ0n) is 26.8. The van der Waals surface area contributed by atoms with Gasteiger partial charge < -0.3 is 24.8 Å². The predicted molar refractivity (Wildman–Crippen MR) is 165 cm³/mol. The summed E-state index contributed by atoms with van der Waals surface area (Å²) < 4.78 is 0. The number of rotatable bonds is 0. The van der Waals surface area contributed by atoms with E-state index in [4.69, 9.17) is 0 Å². The van der Waals surface area contributed by atoms with Gasteiger partial charge in [0.25, 0.3) is 0 Å². The van der Waals surface area contributed by atoms with Crippen LogP contribution in [0.1, 0.15) is 105 Å². The number of hydrogen-bond donors (Lipinski definition) is 0. The van der Waals surface area contributed by atoms with E-state index in [9.17, 15) is 0 Å². The molecule has 0 amide bonds. The van der Waals surface area contributed by atoms with Crippen molar-refractivity contribution in [1.82, 2.24) is 0 Å². The fourth-order valence-electron chi connectivity index (χ4n) is 3.75. The van der Waals surface area contributed by atoms with Gasteiger partial charge in [-0.3, -0.25) is 0 Å². The topological polar surface area (TPSA) is 0 Å². The third-order valence-corrected chi connectivity index (χ3v) is 6.59. The molecule has 0 bridgehead atoms. The maximum atomic E-state index is 3.24. The Balaban J connectivity index is 0. The maximum absolute atomic E-state index is 3.24. The van der Waals surface area contributed by atoms with E-state index in [0.717, 1.165) is 0 Å². The SMILES string of the molecule is CC(C)(C)c1c[c-]cc(C(C)(C)C)c1.CC(C)(C)c1c[c-]cc(C(C)(C)C)c1.[Cl-].[Cl-].[Zr+2].c1ccc2[cH-]ccc2c1. The minimum Gasteiger partial charge on any atom is -1.00 e. The molecule has 4 aromatic carbocycles. The fraction of sp³-hybridized carbons (Fsp3) is 0.432. The fourth-order valence-corrected chi connectivity index (χ4v) is 3.75. The molecule has 3 heteroatoms. The van der Waals surface area contributed by atoms with E-state index in [0.29, 0.717) is 0 Å². The summed E-state index contributed by atoms with van der Waals surface area (Å²) in [5.41, 5.74) is 6.34. The van der Waals surface area contributed by atoms with E-state index in [1.807, 2.05) is 0 Å². The van der Waals surface area contributed by atoms with Crippen LogP contribution in [0.4, 0.5) is 0 Å². The molecule has 0 N–H and O–H groups in total. The van der Waals surface area contributed by atoms with Gasteiger partial charge in [0, 0.05) is 0 Å². The molecule has 0 saturated carbocycles. The van der Waals surface area contributed by atoms with Crippen molar-refractivity contribution in [2.45, 2.75) is 105 Å². The molecule has 4 aromatic rings. The zero-order chi connectivity index (χ0) is 28.1. The van der Waals surface area contributed by atoms with Crippen molar-refractivity contribution < 1.29 is 51.0 Å². The Hall–Kier alpha value is -1.27. The normalized spacial score (nSPS) is 11.4. The van der Waals surface area contributed by atoms with Gasteiger partial charge >= 0.3 is 26.2 Å². The Bertz CT molecular complexity index is 1100. The van der Waals surface area contributed by atoms with E-state index in [1.165, 1.54) is 33.0 Å². The van der Waals surface area contributed by atoms with Crippen molar-refractivity contribution in [3.8, 4) is 0 Å². The Labute approximate surface area is 278 Å². The van der Waals surface area contributed by atoms with Gasteiger partial charge in [-0.1, -0.05) is 111 Å². The number of fused-ring (bicyclic) bond motifs is 1. The molecular weight excluding hydrogens is 607 g/mol. The van der Waals surface area contributed by atoms with Gasteiger partial charge in [-0.25, -0.2) is 0 Å². The molecule has 0 aliphatic heterocycles. The van der Waals surface area contributed by atoms with Crippen LogP contribution in [0.3, 0.4) is 0 Å². The summed E-state index contributed by atoms with van der Waals surface area (Å²) in [6.45, 7) is 26.9. The molecule has 0 radical (unpaired) electrons. The van der Waals surface area contributed by atoms with Gasteiger partial charge in [-0.2, -0.15) is 88.3 Å². The van der Waals surface area contributed by atoms with Gasteiger partial charge in [0.2, 0.25) is 0 Å². The van der Waals surface area contributed by atoms with E-state index in [2.05, 4.69) is 174 Å². The van der Waals surface area contributed by atoms with Gasteiger partial charge in [0.15, 0.2) is 0 Å². The van der Waals surface area contributed by atoms with Crippen molar-refractivity contribution in [2.75, 3.05) is 0 Å². The Kier molecular flexibility index (Phi) is 16.7. The maximum Gasteiger partial charge on any atom is 2.00 e. The first-order valence-corrected chi connectivity index (χ1v) is 13.5. The minimum absolute atomic E-state index is 0. The van der Waals surface area contributed by atoms with Crippen LogP contribution in [0.25, 0.3) is 10.8 Å². The van der Waals surface area contributed by atoms with Gasteiger partial charge in [-0.05, 0) is 0 Å². The van der Waals surface area contributed by atoms with Crippen LogP contribution < -0.4 is 24.8 Å². The molecule has 0 unspecified atom stereocenters. The predicted octanol–water partition coefficient (Wildman–Crippen LogP) is 4.73. The first kappa shape index (κ1) is 40.9. The molecule has 0 spiro atoms. The Morgan fingerprint density at radius 1 is 0.500 bits per heavy atom. The van der Waals surface area contributed by atoms with Crippen LogP contribution in [0, 0.1) is 12.1 Å².